The van der Waals surface area contributed by atoms with Crippen LogP contribution in [0, 0.1) is 16.0 Å². The minimum Gasteiger partial charge on any atom is -0.493 e. The molecule has 11 nitrogen and oxygen atoms in total. The normalized spacial score (nSPS) is 20.4. The summed E-state index contributed by atoms with van der Waals surface area (Å²) in [7, 11) is 2.78. The summed E-state index contributed by atoms with van der Waals surface area (Å²) in [5.74, 6) is -1.47. The molecule has 0 aromatic heterocycles. The van der Waals surface area contributed by atoms with Gasteiger partial charge in [0.05, 0.1) is 48.8 Å². The molecule has 0 unspecified atom stereocenters. The third-order valence-electron chi connectivity index (χ3n) is 6.58. The first-order valence-electron chi connectivity index (χ1n) is 11.9. The number of hydrogen-bond donors (Lipinski definition) is 0. The molecule has 2 heterocycles. The molecular weight excluding hydrogens is 494 g/mol. The predicted molar refractivity (Wildman–Crippen MR) is 136 cm³/mol. The molecule has 0 spiro atoms. The van der Waals surface area contributed by atoms with Crippen molar-refractivity contribution in [3.8, 4) is 17.2 Å². The molecule has 0 radical (unpaired) electrons. The van der Waals surface area contributed by atoms with Gasteiger partial charge in [-0.3, -0.25) is 24.5 Å². The van der Waals surface area contributed by atoms with Crippen molar-refractivity contribution in [1.82, 2.24) is 0 Å². The van der Waals surface area contributed by atoms with Gasteiger partial charge in [-0.1, -0.05) is 30.3 Å². The smallest absolute Gasteiger partial charge is 0.278 e. The van der Waals surface area contributed by atoms with Gasteiger partial charge in [0.15, 0.2) is 17.6 Å². The number of ether oxygens (including phenoxy) is 3. The van der Waals surface area contributed by atoms with Crippen molar-refractivity contribution in [2.75, 3.05) is 30.8 Å². The van der Waals surface area contributed by atoms with Gasteiger partial charge < -0.3 is 14.2 Å². The van der Waals surface area contributed by atoms with Crippen molar-refractivity contribution in [2.24, 2.45) is 5.92 Å². The van der Waals surface area contributed by atoms with E-state index in [1.165, 1.54) is 31.4 Å². The number of para-hydroxylation sites is 3. The molecule has 2 aliphatic heterocycles. The van der Waals surface area contributed by atoms with Gasteiger partial charge in [0.1, 0.15) is 17.7 Å². The van der Waals surface area contributed by atoms with E-state index >= 15 is 0 Å². The molecule has 0 aliphatic carbocycles. The standard InChI is InChI=1S/C27H25N3O8/c1-4-37-20-13-9-8-12-18(20)28-26(31)23-24(17-14-21(35-2)22(36-3)15-19(17)30(33)34)29(38-25(23)27(28)32)16-10-6-5-7-11-16/h5-15,23-25H,4H2,1-3H3/t23-,24-,25+/m0/s1. The summed E-state index contributed by atoms with van der Waals surface area (Å²) in [6.45, 7) is 2.13. The number of imide groups is 1. The van der Waals surface area contributed by atoms with Gasteiger partial charge in [-0.25, -0.2) is 9.96 Å². The number of rotatable bonds is 8. The summed E-state index contributed by atoms with van der Waals surface area (Å²) in [6.07, 6.45) is -1.21. The third kappa shape index (κ3) is 3.97. The van der Waals surface area contributed by atoms with Crippen LogP contribution in [0.5, 0.6) is 17.2 Å². The molecule has 3 atom stereocenters. The van der Waals surface area contributed by atoms with E-state index in [1.807, 2.05) is 0 Å². The number of hydroxylamine groups is 1. The molecule has 0 saturated carbocycles. The molecule has 2 fully saturated rings. The lowest BCUT2D eigenvalue weighted by Crippen LogP contribution is -2.37. The molecule has 11 heteroatoms. The van der Waals surface area contributed by atoms with Gasteiger partial charge in [-0.05, 0) is 37.3 Å². The number of anilines is 2. The first-order valence-corrected chi connectivity index (χ1v) is 11.9. The Hall–Kier alpha value is -4.64. The van der Waals surface area contributed by atoms with E-state index in [1.54, 1.807) is 61.5 Å². The fourth-order valence-corrected chi connectivity index (χ4v) is 4.97. The summed E-state index contributed by atoms with van der Waals surface area (Å²) in [5, 5.41) is 13.6. The quantitative estimate of drug-likeness (QED) is 0.246. The Morgan fingerprint density at radius 1 is 0.921 bits per heavy atom. The number of benzene rings is 3. The number of carbonyl (C=O) groups excluding carboxylic acids is 2. The van der Waals surface area contributed by atoms with E-state index in [0.717, 1.165) is 4.90 Å². The van der Waals surface area contributed by atoms with Gasteiger partial charge in [0, 0.05) is 0 Å². The summed E-state index contributed by atoms with van der Waals surface area (Å²) in [4.78, 5) is 46.5. The number of hydrogen-bond acceptors (Lipinski definition) is 9. The van der Waals surface area contributed by atoms with Crippen LogP contribution in [0.2, 0.25) is 0 Å². The lowest BCUT2D eigenvalue weighted by molar-refractivity contribution is -0.385. The molecule has 3 aromatic rings. The van der Waals surface area contributed by atoms with E-state index in [0.29, 0.717) is 18.0 Å². The van der Waals surface area contributed by atoms with E-state index in [9.17, 15) is 19.7 Å². The summed E-state index contributed by atoms with van der Waals surface area (Å²) < 4.78 is 16.4. The van der Waals surface area contributed by atoms with E-state index < -0.39 is 34.8 Å². The maximum Gasteiger partial charge on any atom is 0.278 e. The van der Waals surface area contributed by atoms with Gasteiger partial charge in [-0.2, -0.15) is 0 Å². The van der Waals surface area contributed by atoms with Gasteiger partial charge in [0.25, 0.3) is 11.6 Å². The third-order valence-corrected chi connectivity index (χ3v) is 6.58. The molecule has 2 aliphatic rings. The van der Waals surface area contributed by atoms with Crippen molar-refractivity contribution in [3.63, 3.8) is 0 Å². The molecular formula is C27H25N3O8. The zero-order valence-electron chi connectivity index (χ0n) is 20.9. The molecule has 196 valence electrons. The van der Waals surface area contributed by atoms with Crippen molar-refractivity contribution in [3.05, 3.63) is 82.4 Å². The summed E-state index contributed by atoms with van der Waals surface area (Å²) in [5.41, 5.74) is 0.656. The van der Waals surface area contributed by atoms with E-state index in [2.05, 4.69) is 0 Å². The number of amides is 2. The average Bonchev–Trinajstić information content (AvgIpc) is 3.44. The Morgan fingerprint density at radius 2 is 1.58 bits per heavy atom. The van der Waals surface area contributed by atoms with Gasteiger partial charge >= 0.3 is 0 Å². The SMILES string of the molecule is CCOc1ccccc1N1C(=O)[C@@H]2[C@@H](ON(c3ccccc3)[C@H]2c2cc(OC)c(OC)cc2[N+](=O)[O-])C1=O. The predicted octanol–water partition coefficient (Wildman–Crippen LogP) is 4.06. The Kier molecular flexibility index (Phi) is 6.60. The van der Waals surface area contributed by atoms with Crippen LogP contribution in [0.15, 0.2) is 66.7 Å². The Labute approximate surface area is 218 Å². The fraction of sp³-hybridized carbons (Fsp3) is 0.259. The Bertz CT molecular complexity index is 1400. The molecule has 5 rings (SSSR count). The first kappa shape index (κ1) is 25.0. The molecule has 3 aromatic carbocycles. The zero-order valence-corrected chi connectivity index (χ0v) is 20.9. The number of nitro groups is 1. The van der Waals surface area contributed by atoms with Crippen LogP contribution in [0.4, 0.5) is 17.1 Å². The minimum absolute atomic E-state index is 0.144. The second kappa shape index (κ2) is 10.0. The van der Waals surface area contributed by atoms with Crippen LogP contribution in [-0.2, 0) is 14.4 Å². The van der Waals surface area contributed by atoms with Crippen molar-refractivity contribution in [2.45, 2.75) is 19.1 Å². The highest BCUT2D eigenvalue weighted by molar-refractivity contribution is 6.24. The highest BCUT2D eigenvalue weighted by atomic mass is 16.7. The Morgan fingerprint density at radius 3 is 2.24 bits per heavy atom. The molecule has 2 amide bonds. The van der Waals surface area contributed by atoms with Crippen LogP contribution in [-0.4, -0.2) is 43.7 Å². The number of nitro benzene ring substituents is 1. The maximum absolute atomic E-state index is 14.0. The van der Waals surface area contributed by atoms with Crippen LogP contribution in [0.3, 0.4) is 0 Å². The van der Waals surface area contributed by atoms with Crippen LogP contribution >= 0.6 is 0 Å². The van der Waals surface area contributed by atoms with Crippen molar-refractivity contribution < 1.29 is 33.6 Å². The Balaban J connectivity index is 1.68. The fourth-order valence-electron chi connectivity index (χ4n) is 4.97. The van der Waals surface area contributed by atoms with E-state index in [4.69, 9.17) is 19.0 Å². The number of nitrogens with zero attached hydrogens (tertiary/aromatic N) is 3. The lowest BCUT2D eigenvalue weighted by atomic mass is 9.89. The molecule has 2 saturated heterocycles. The second-order valence-electron chi connectivity index (χ2n) is 8.59. The van der Waals surface area contributed by atoms with Crippen molar-refractivity contribution >= 4 is 28.9 Å². The maximum atomic E-state index is 14.0. The summed E-state index contributed by atoms with van der Waals surface area (Å²) in [6, 6.07) is 17.2. The number of methoxy groups -OCH3 is 2. The first-order chi connectivity index (χ1) is 18.4. The molecule has 0 bridgehead atoms. The molecule has 38 heavy (non-hydrogen) atoms. The van der Waals surface area contributed by atoms with Crippen LogP contribution in [0.1, 0.15) is 18.5 Å². The highest BCUT2D eigenvalue weighted by Gasteiger charge is 2.61. The van der Waals surface area contributed by atoms with Gasteiger partial charge in [-0.15, -0.1) is 0 Å². The lowest BCUT2D eigenvalue weighted by Gasteiger charge is -2.29. The number of fused-ring (bicyclic) bond motifs is 1. The van der Waals surface area contributed by atoms with Crippen LogP contribution in [0.25, 0.3) is 0 Å². The topological polar surface area (TPSA) is 121 Å². The van der Waals surface area contributed by atoms with Crippen molar-refractivity contribution in [1.29, 1.82) is 0 Å². The number of carbonyl (C=O) groups is 2. The van der Waals surface area contributed by atoms with Crippen LogP contribution < -0.4 is 24.2 Å². The largest absolute Gasteiger partial charge is 0.493 e. The van der Waals surface area contributed by atoms with E-state index in [-0.39, 0.29) is 28.4 Å². The average molecular weight is 520 g/mol. The highest BCUT2D eigenvalue weighted by Crippen LogP contribution is 2.51. The summed E-state index contributed by atoms with van der Waals surface area (Å²) >= 11 is 0. The van der Waals surface area contributed by atoms with Gasteiger partial charge in [0.2, 0.25) is 5.91 Å². The monoisotopic (exact) mass is 519 g/mol. The second-order valence-corrected chi connectivity index (χ2v) is 8.59. The molecule has 0 N–H and O–H groups in total. The zero-order chi connectivity index (χ0) is 27.0. The minimum atomic E-state index is -1.21.